The summed E-state index contributed by atoms with van der Waals surface area (Å²) < 4.78 is 26.0. The summed E-state index contributed by atoms with van der Waals surface area (Å²) in [5.41, 5.74) is 0. The summed E-state index contributed by atoms with van der Waals surface area (Å²) in [5.74, 6) is -0.904. The largest absolute Gasteiger partial charge is 0.469 e. The highest BCUT2D eigenvalue weighted by molar-refractivity contribution is 7.46. The third kappa shape index (κ3) is 29.6. The number of allylic oxidation sites excluding steroid dienone is 2. The Bertz CT molecular complexity index is 661. The average Bonchev–Trinajstić information content (AvgIpc) is 2.89. The quantitative estimate of drug-likeness (QED) is 0.0413. The van der Waals surface area contributed by atoms with Crippen LogP contribution in [0.25, 0.3) is 0 Å². The first-order chi connectivity index (χ1) is 18.8. The topological polar surface area (TPSA) is 119 Å². The summed E-state index contributed by atoms with van der Waals surface area (Å²) in [6.45, 7) is 3.57. The third-order valence-electron chi connectivity index (χ3n) is 6.53. The van der Waals surface area contributed by atoms with Crippen LogP contribution in [0.2, 0.25) is 0 Å². The van der Waals surface area contributed by atoms with E-state index in [1.165, 1.54) is 51.4 Å². The minimum absolute atomic E-state index is 0.205. The van der Waals surface area contributed by atoms with Crippen LogP contribution >= 0.6 is 7.82 Å². The second-order valence-electron chi connectivity index (χ2n) is 10.4. The van der Waals surface area contributed by atoms with E-state index in [0.29, 0.717) is 6.42 Å². The number of phosphoric ester groups is 1. The van der Waals surface area contributed by atoms with Gasteiger partial charge in [0.05, 0.1) is 6.61 Å². The highest BCUT2D eigenvalue weighted by Gasteiger charge is 2.22. The van der Waals surface area contributed by atoms with Crippen LogP contribution in [0.4, 0.5) is 0 Å². The minimum atomic E-state index is -4.73. The predicted octanol–water partition coefficient (Wildman–Crippen LogP) is 8.34. The molecule has 0 unspecified atom stereocenters. The molecule has 0 saturated heterocycles. The lowest BCUT2D eigenvalue weighted by molar-refractivity contribution is -0.161. The van der Waals surface area contributed by atoms with E-state index in [1.54, 1.807) is 0 Å². The van der Waals surface area contributed by atoms with Crippen molar-refractivity contribution in [2.45, 2.75) is 155 Å². The molecule has 0 fully saturated rings. The van der Waals surface area contributed by atoms with Gasteiger partial charge in [-0.25, -0.2) is 4.57 Å². The molecule has 0 bridgehead atoms. The first-order valence-corrected chi connectivity index (χ1v) is 17.0. The standard InChI is InChI=1S/C30H57O8P/c1-3-5-7-9-11-12-13-14-15-16-17-18-19-21-23-25-30(32)38-28(27-37-39(33,34)35)26-36-29(31)24-22-20-10-8-6-4-2/h14-15,28H,3-13,16-27H2,1-2H3,(H2,33,34,35)/b15-14-/t28-/m0/s1. The van der Waals surface area contributed by atoms with Gasteiger partial charge in [-0.2, -0.15) is 0 Å². The van der Waals surface area contributed by atoms with Crippen molar-refractivity contribution in [3.8, 4) is 0 Å². The van der Waals surface area contributed by atoms with E-state index >= 15 is 0 Å². The van der Waals surface area contributed by atoms with Gasteiger partial charge < -0.3 is 19.3 Å². The molecule has 0 radical (unpaired) electrons. The molecule has 0 aromatic carbocycles. The van der Waals surface area contributed by atoms with Gasteiger partial charge in [0.2, 0.25) is 0 Å². The van der Waals surface area contributed by atoms with E-state index in [0.717, 1.165) is 64.2 Å². The summed E-state index contributed by atoms with van der Waals surface area (Å²) in [6, 6.07) is 0. The molecule has 0 amide bonds. The number of carbonyl (C=O) groups is 2. The molecule has 8 nitrogen and oxygen atoms in total. The molecule has 0 heterocycles. The molecule has 0 aliphatic rings. The maximum Gasteiger partial charge on any atom is 0.469 e. The summed E-state index contributed by atoms with van der Waals surface area (Å²) in [5, 5.41) is 0. The van der Waals surface area contributed by atoms with Crippen molar-refractivity contribution in [1.82, 2.24) is 0 Å². The third-order valence-corrected chi connectivity index (χ3v) is 7.02. The number of esters is 2. The molecule has 0 aliphatic heterocycles. The molecular formula is C30H57O8P. The smallest absolute Gasteiger partial charge is 0.462 e. The second kappa shape index (κ2) is 27.0. The molecule has 0 saturated carbocycles. The predicted molar refractivity (Wildman–Crippen MR) is 156 cm³/mol. The second-order valence-corrected chi connectivity index (χ2v) is 11.7. The van der Waals surface area contributed by atoms with Crippen LogP contribution < -0.4 is 0 Å². The van der Waals surface area contributed by atoms with Crippen LogP contribution in [0.5, 0.6) is 0 Å². The molecule has 9 heteroatoms. The van der Waals surface area contributed by atoms with Gasteiger partial charge in [-0.15, -0.1) is 0 Å². The molecule has 0 spiro atoms. The van der Waals surface area contributed by atoms with Crippen LogP contribution in [-0.4, -0.2) is 41.0 Å². The highest BCUT2D eigenvalue weighted by atomic mass is 31.2. The van der Waals surface area contributed by atoms with Crippen molar-refractivity contribution < 1.29 is 37.9 Å². The van der Waals surface area contributed by atoms with Crippen molar-refractivity contribution in [3.63, 3.8) is 0 Å². The van der Waals surface area contributed by atoms with Gasteiger partial charge >= 0.3 is 19.8 Å². The number of ether oxygens (including phenoxy) is 2. The highest BCUT2D eigenvalue weighted by Crippen LogP contribution is 2.35. The Morgan fingerprint density at radius 2 is 1.08 bits per heavy atom. The lowest BCUT2D eigenvalue weighted by Crippen LogP contribution is -2.29. The van der Waals surface area contributed by atoms with Crippen LogP contribution in [0.3, 0.4) is 0 Å². The number of phosphoric acid groups is 1. The minimum Gasteiger partial charge on any atom is -0.462 e. The van der Waals surface area contributed by atoms with E-state index in [2.05, 4.69) is 30.5 Å². The van der Waals surface area contributed by atoms with Gasteiger partial charge in [-0.05, 0) is 38.5 Å². The van der Waals surface area contributed by atoms with Gasteiger partial charge in [0.15, 0.2) is 6.10 Å². The molecule has 0 aromatic heterocycles. The summed E-state index contributed by atoms with van der Waals surface area (Å²) in [4.78, 5) is 42.2. The summed E-state index contributed by atoms with van der Waals surface area (Å²) >= 11 is 0. The molecule has 1 atom stereocenters. The first-order valence-electron chi connectivity index (χ1n) is 15.5. The van der Waals surface area contributed by atoms with Crippen LogP contribution in [0.1, 0.15) is 149 Å². The number of hydrogen-bond acceptors (Lipinski definition) is 6. The van der Waals surface area contributed by atoms with Crippen molar-refractivity contribution in [1.29, 1.82) is 0 Å². The van der Waals surface area contributed by atoms with Crippen LogP contribution in [-0.2, 0) is 28.2 Å². The summed E-state index contributed by atoms with van der Waals surface area (Å²) in [6.07, 6.45) is 25.4. The van der Waals surface area contributed by atoms with Crippen molar-refractivity contribution in [2.24, 2.45) is 0 Å². The lowest BCUT2D eigenvalue weighted by atomic mass is 10.1. The zero-order valence-corrected chi connectivity index (χ0v) is 25.7. The van der Waals surface area contributed by atoms with Gasteiger partial charge in [0.25, 0.3) is 0 Å². The van der Waals surface area contributed by atoms with Gasteiger partial charge in [-0.3, -0.25) is 14.1 Å². The Balaban J connectivity index is 4.00. The molecule has 0 rings (SSSR count). The van der Waals surface area contributed by atoms with Crippen LogP contribution in [0, 0.1) is 0 Å². The molecule has 0 aromatic rings. The fourth-order valence-corrected chi connectivity index (χ4v) is 4.55. The fourth-order valence-electron chi connectivity index (χ4n) is 4.19. The maximum absolute atomic E-state index is 12.2. The van der Waals surface area contributed by atoms with Gasteiger partial charge in [0, 0.05) is 12.8 Å². The number of carbonyl (C=O) groups excluding carboxylic acids is 2. The number of unbranched alkanes of at least 4 members (excludes halogenated alkanes) is 16. The van der Waals surface area contributed by atoms with Gasteiger partial charge in [-0.1, -0.05) is 109 Å². The lowest BCUT2D eigenvalue weighted by Gasteiger charge is -2.18. The monoisotopic (exact) mass is 576 g/mol. The molecule has 230 valence electrons. The van der Waals surface area contributed by atoms with Crippen molar-refractivity contribution >= 4 is 19.8 Å². The first kappa shape index (κ1) is 37.8. The van der Waals surface area contributed by atoms with E-state index in [4.69, 9.17) is 19.3 Å². The molecule has 2 N–H and O–H groups in total. The Morgan fingerprint density at radius 1 is 0.641 bits per heavy atom. The Hall–Kier alpha value is -1.21. The number of hydrogen-bond donors (Lipinski definition) is 2. The molecule has 39 heavy (non-hydrogen) atoms. The Morgan fingerprint density at radius 3 is 1.56 bits per heavy atom. The SMILES string of the molecule is CCCCCCCC/C=C\CCCCCCCC(=O)O[C@@H](COC(=O)CCCCCCCC)COP(=O)(O)O. The Kier molecular flexibility index (Phi) is 26.1. The average molecular weight is 577 g/mol. The summed E-state index contributed by atoms with van der Waals surface area (Å²) in [7, 11) is -4.73. The molecule has 0 aliphatic carbocycles. The Labute approximate surface area is 237 Å². The van der Waals surface area contributed by atoms with Crippen molar-refractivity contribution in [2.75, 3.05) is 13.2 Å². The normalized spacial score (nSPS) is 12.6. The van der Waals surface area contributed by atoms with E-state index in [1.807, 2.05) is 0 Å². The number of rotatable bonds is 28. The molecular weight excluding hydrogens is 519 g/mol. The van der Waals surface area contributed by atoms with Crippen molar-refractivity contribution in [3.05, 3.63) is 12.2 Å². The zero-order valence-electron chi connectivity index (χ0n) is 24.8. The van der Waals surface area contributed by atoms with E-state index in [9.17, 15) is 14.2 Å². The van der Waals surface area contributed by atoms with Gasteiger partial charge in [0.1, 0.15) is 6.61 Å². The zero-order chi connectivity index (χ0) is 29.0. The van der Waals surface area contributed by atoms with E-state index < -0.39 is 32.5 Å². The maximum atomic E-state index is 12.2. The van der Waals surface area contributed by atoms with Crippen LogP contribution in [0.15, 0.2) is 12.2 Å². The fraction of sp³-hybridized carbons (Fsp3) is 0.867. The van der Waals surface area contributed by atoms with E-state index in [-0.39, 0.29) is 19.4 Å².